The fraction of sp³-hybridized carbons (Fsp3) is 0.250. The van der Waals surface area contributed by atoms with Gasteiger partial charge in [0.05, 0.1) is 28.4 Å². The summed E-state index contributed by atoms with van der Waals surface area (Å²) in [6.45, 7) is 0.944. The van der Waals surface area contributed by atoms with Crippen LogP contribution in [0.5, 0.6) is 0 Å². The highest BCUT2D eigenvalue weighted by Crippen LogP contribution is 2.34. The molecule has 0 aliphatic carbocycles. The standard InChI is InChI=1S/C20H17F3N4O2S2/c21-20(22,23)12-4-1-2-5-13(12)24-17(28)11-27-8-7-14-16(10-27)31-19(25-14)26-18(29)15-6-3-9-30-15/h1-6,9H,7-8,10-11H2,(H,24,28)(H,25,26,29). The Kier molecular flexibility index (Phi) is 6.08. The number of thiazole rings is 1. The van der Waals surface area contributed by atoms with E-state index < -0.39 is 17.6 Å². The molecule has 0 radical (unpaired) electrons. The molecule has 4 rings (SSSR count). The van der Waals surface area contributed by atoms with Crippen molar-refractivity contribution in [2.45, 2.75) is 19.1 Å². The van der Waals surface area contributed by atoms with Crippen molar-refractivity contribution in [3.63, 3.8) is 0 Å². The van der Waals surface area contributed by atoms with Gasteiger partial charge in [0.1, 0.15) is 0 Å². The first kappa shape index (κ1) is 21.5. The van der Waals surface area contributed by atoms with Gasteiger partial charge in [-0.15, -0.1) is 22.7 Å². The van der Waals surface area contributed by atoms with Crippen LogP contribution in [-0.2, 0) is 23.9 Å². The summed E-state index contributed by atoms with van der Waals surface area (Å²) in [6.07, 6.45) is -3.95. The lowest BCUT2D eigenvalue weighted by Crippen LogP contribution is -2.37. The van der Waals surface area contributed by atoms with Gasteiger partial charge in [0.25, 0.3) is 5.91 Å². The molecule has 0 atom stereocenters. The van der Waals surface area contributed by atoms with Gasteiger partial charge in [-0.25, -0.2) is 4.98 Å². The van der Waals surface area contributed by atoms with Crippen LogP contribution in [0.3, 0.4) is 0 Å². The van der Waals surface area contributed by atoms with E-state index in [1.54, 1.807) is 12.1 Å². The Hall–Kier alpha value is -2.76. The van der Waals surface area contributed by atoms with Gasteiger partial charge in [-0.3, -0.25) is 19.8 Å². The number of anilines is 2. The van der Waals surface area contributed by atoms with E-state index in [1.807, 2.05) is 10.3 Å². The second-order valence-corrected chi connectivity index (χ2v) is 8.90. The van der Waals surface area contributed by atoms with Gasteiger partial charge < -0.3 is 5.32 Å². The van der Waals surface area contributed by atoms with E-state index in [2.05, 4.69) is 15.6 Å². The van der Waals surface area contributed by atoms with Gasteiger partial charge >= 0.3 is 6.18 Å². The minimum atomic E-state index is -4.55. The van der Waals surface area contributed by atoms with Crippen molar-refractivity contribution in [2.75, 3.05) is 23.7 Å². The number of nitrogens with one attached hydrogen (secondary N) is 2. The van der Waals surface area contributed by atoms with Crippen molar-refractivity contribution in [3.05, 3.63) is 62.8 Å². The zero-order valence-electron chi connectivity index (χ0n) is 16.0. The largest absolute Gasteiger partial charge is 0.418 e. The topological polar surface area (TPSA) is 74.3 Å². The summed E-state index contributed by atoms with van der Waals surface area (Å²) in [5, 5.41) is 7.46. The van der Waals surface area contributed by atoms with Gasteiger partial charge in [0.15, 0.2) is 5.13 Å². The molecule has 2 N–H and O–H groups in total. The molecule has 31 heavy (non-hydrogen) atoms. The monoisotopic (exact) mass is 466 g/mol. The Morgan fingerprint density at radius 3 is 2.68 bits per heavy atom. The van der Waals surface area contributed by atoms with Gasteiger partial charge in [0, 0.05) is 24.4 Å². The Morgan fingerprint density at radius 2 is 1.94 bits per heavy atom. The molecule has 0 bridgehead atoms. The molecule has 0 fully saturated rings. The molecular weight excluding hydrogens is 449 g/mol. The number of aromatic nitrogens is 1. The number of amides is 2. The van der Waals surface area contributed by atoms with Crippen molar-refractivity contribution in [1.29, 1.82) is 0 Å². The lowest BCUT2D eigenvalue weighted by Gasteiger charge is -2.25. The Bertz CT molecular complexity index is 1100. The summed E-state index contributed by atoms with van der Waals surface area (Å²) in [6, 6.07) is 8.42. The number of carbonyl (C=O) groups excluding carboxylic acids is 2. The third-order valence-electron chi connectivity index (χ3n) is 4.65. The second-order valence-electron chi connectivity index (χ2n) is 6.87. The summed E-state index contributed by atoms with van der Waals surface area (Å²) in [7, 11) is 0. The summed E-state index contributed by atoms with van der Waals surface area (Å²) in [5.74, 6) is -0.739. The number of rotatable bonds is 5. The number of fused-ring (bicyclic) bond motifs is 1. The molecule has 1 aromatic carbocycles. The predicted molar refractivity (Wildman–Crippen MR) is 113 cm³/mol. The van der Waals surface area contributed by atoms with E-state index in [0.717, 1.165) is 16.6 Å². The Morgan fingerprint density at radius 1 is 1.13 bits per heavy atom. The second kappa shape index (κ2) is 8.77. The fourth-order valence-corrected chi connectivity index (χ4v) is 4.90. The zero-order chi connectivity index (χ0) is 22.0. The van der Waals surface area contributed by atoms with Gasteiger partial charge in [-0.05, 0) is 23.6 Å². The van der Waals surface area contributed by atoms with E-state index in [4.69, 9.17) is 0 Å². The molecular formula is C20H17F3N4O2S2. The highest BCUT2D eigenvalue weighted by Gasteiger charge is 2.33. The maximum atomic E-state index is 13.1. The van der Waals surface area contributed by atoms with Crippen LogP contribution in [-0.4, -0.2) is 34.8 Å². The Labute approximate surface area is 183 Å². The first-order chi connectivity index (χ1) is 14.8. The fourth-order valence-electron chi connectivity index (χ4n) is 3.24. The molecule has 11 heteroatoms. The van der Waals surface area contributed by atoms with Crippen LogP contribution in [0, 0.1) is 0 Å². The molecule has 2 aromatic heterocycles. The molecule has 1 aliphatic heterocycles. The van der Waals surface area contributed by atoms with Crippen LogP contribution in [0.15, 0.2) is 41.8 Å². The van der Waals surface area contributed by atoms with Crippen molar-refractivity contribution < 1.29 is 22.8 Å². The van der Waals surface area contributed by atoms with E-state index in [9.17, 15) is 22.8 Å². The average Bonchev–Trinajstić information content (AvgIpc) is 3.36. The first-order valence-corrected chi connectivity index (χ1v) is 11.0. The van der Waals surface area contributed by atoms with Crippen LogP contribution in [0.1, 0.15) is 25.8 Å². The quantitative estimate of drug-likeness (QED) is 0.582. The highest BCUT2D eigenvalue weighted by molar-refractivity contribution is 7.16. The third-order valence-corrected chi connectivity index (χ3v) is 6.52. The summed E-state index contributed by atoms with van der Waals surface area (Å²) in [5.41, 5.74) is -0.266. The van der Waals surface area contributed by atoms with E-state index in [0.29, 0.717) is 29.5 Å². The predicted octanol–water partition coefficient (Wildman–Crippen LogP) is 4.47. The number of thiophene rings is 1. The van der Waals surface area contributed by atoms with Crippen LogP contribution >= 0.6 is 22.7 Å². The smallest absolute Gasteiger partial charge is 0.324 e. The normalized spacial score (nSPS) is 14.2. The molecule has 3 aromatic rings. The third kappa shape index (κ3) is 5.12. The number of para-hydroxylation sites is 1. The molecule has 0 unspecified atom stereocenters. The van der Waals surface area contributed by atoms with E-state index in [1.165, 1.54) is 40.9 Å². The number of alkyl halides is 3. The van der Waals surface area contributed by atoms with Crippen LogP contribution < -0.4 is 10.6 Å². The Balaban J connectivity index is 1.37. The van der Waals surface area contributed by atoms with E-state index in [-0.39, 0.29) is 18.1 Å². The number of hydrogen-bond donors (Lipinski definition) is 2. The molecule has 162 valence electrons. The number of hydrogen-bond acceptors (Lipinski definition) is 6. The molecule has 0 spiro atoms. The molecule has 6 nitrogen and oxygen atoms in total. The van der Waals surface area contributed by atoms with Crippen LogP contribution in [0.4, 0.5) is 24.0 Å². The van der Waals surface area contributed by atoms with Gasteiger partial charge in [0.2, 0.25) is 5.91 Å². The number of nitrogens with zero attached hydrogens (tertiary/aromatic N) is 2. The highest BCUT2D eigenvalue weighted by atomic mass is 32.1. The van der Waals surface area contributed by atoms with Crippen molar-refractivity contribution in [1.82, 2.24) is 9.88 Å². The van der Waals surface area contributed by atoms with Crippen molar-refractivity contribution in [2.24, 2.45) is 0 Å². The number of halogens is 3. The molecule has 0 saturated heterocycles. The number of benzene rings is 1. The van der Waals surface area contributed by atoms with Crippen molar-refractivity contribution >= 4 is 45.3 Å². The van der Waals surface area contributed by atoms with Crippen LogP contribution in [0.2, 0.25) is 0 Å². The average molecular weight is 467 g/mol. The van der Waals surface area contributed by atoms with E-state index >= 15 is 0 Å². The number of carbonyl (C=O) groups is 2. The maximum Gasteiger partial charge on any atom is 0.418 e. The molecule has 3 heterocycles. The summed E-state index contributed by atoms with van der Waals surface area (Å²) in [4.78, 5) is 32.4. The summed E-state index contributed by atoms with van der Waals surface area (Å²) < 4.78 is 39.3. The maximum absolute atomic E-state index is 13.1. The zero-order valence-corrected chi connectivity index (χ0v) is 17.7. The minimum Gasteiger partial charge on any atom is -0.324 e. The summed E-state index contributed by atoms with van der Waals surface area (Å²) >= 11 is 2.68. The first-order valence-electron chi connectivity index (χ1n) is 9.31. The van der Waals surface area contributed by atoms with Gasteiger partial charge in [-0.2, -0.15) is 13.2 Å². The van der Waals surface area contributed by atoms with Crippen molar-refractivity contribution in [3.8, 4) is 0 Å². The lowest BCUT2D eigenvalue weighted by molar-refractivity contribution is -0.137. The lowest BCUT2D eigenvalue weighted by atomic mass is 10.1. The molecule has 1 aliphatic rings. The van der Waals surface area contributed by atoms with Gasteiger partial charge in [-0.1, -0.05) is 18.2 Å². The molecule has 0 saturated carbocycles. The minimum absolute atomic E-state index is 0.0413. The molecule has 2 amide bonds. The SMILES string of the molecule is O=C(CN1CCc2nc(NC(=O)c3cccs3)sc2C1)Nc1ccccc1C(F)(F)F. The van der Waals surface area contributed by atoms with Crippen LogP contribution in [0.25, 0.3) is 0 Å².